The summed E-state index contributed by atoms with van der Waals surface area (Å²) in [5, 5.41) is 0. The first kappa shape index (κ1) is 23.3. The smallest absolute Gasteiger partial charge is 0.419 e. The summed E-state index contributed by atoms with van der Waals surface area (Å²) in [6.45, 7) is 4.45. The molecule has 2 atom stereocenters. The lowest BCUT2D eigenvalue weighted by atomic mass is 9.85. The molecule has 4 rings (SSSR count). The van der Waals surface area contributed by atoms with Crippen molar-refractivity contribution >= 4 is 0 Å². The average molecular weight is 458 g/mol. The number of hydrogen-bond acceptors (Lipinski definition) is 2. The van der Waals surface area contributed by atoms with Crippen molar-refractivity contribution in [3.05, 3.63) is 88.7 Å². The third kappa shape index (κ3) is 5.06. The summed E-state index contributed by atoms with van der Waals surface area (Å²) in [4.78, 5) is 0. The zero-order valence-electron chi connectivity index (χ0n) is 18.6. The van der Waals surface area contributed by atoms with E-state index in [1.54, 1.807) is 24.3 Å². The summed E-state index contributed by atoms with van der Waals surface area (Å²) in [7, 11) is 0. The van der Waals surface area contributed by atoms with Crippen LogP contribution in [0.1, 0.15) is 54.0 Å². The van der Waals surface area contributed by atoms with Gasteiger partial charge >= 0.3 is 6.18 Å². The Balaban J connectivity index is 1.57. The van der Waals surface area contributed by atoms with E-state index in [0.717, 1.165) is 16.9 Å². The molecule has 1 heterocycles. The van der Waals surface area contributed by atoms with Crippen LogP contribution in [0, 0.1) is 12.7 Å². The Morgan fingerprint density at radius 3 is 2.21 bits per heavy atom. The van der Waals surface area contributed by atoms with Gasteiger partial charge in [-0.25, -0.2) is 4.39 Å². The standard InChI is InChI=1S/C27H26F4O2/c1-3-32-21-11-8-19(9-12-21)24-15-10-20(16-33-24)22-13-14-23(18-6-4-17(2)5-7-18)26(28)25(22)27(29,30)31/h4-9,11-14,20,24H,3,10,15-16H2,1-2H3. The lowest BCUT2D eigenvalue weighted by Crippen LogP contribution is -2.23. The molecule has 1 aliphatic heterocycles. The molecule has 0 radical (unpaired) electrons. The molecule has 2 nitrogen and oxygen atoms in total. The minimum absolute atomic E-state index is 0.0407. The molecule has 0 aromatic heterocycles. The molecular formula is C27H26F4O2. The van der Waals surface area contributed by atoms with Crippen molar-refractivity contribution in [2.45, 2.75) is 44.9 Å². The van der Waals surface area contributed by atoms with E-state index in [1.807, 2.05) is 38.1 Å². The van der Waals surface area contributed by atoms with Crippen molar-refractivity contribution in [1.82, 2.24) is 0 Å². The van der Waals surface area contributed by atoms with Crippen LogP contribution < -0.4 is 4.74 Å². The molecule has 1 fully saturated rings. The predicted molar refractivity (Wildman–Crippen MR) is 120 cm³/mol. The van der Waals surface area contributed by atoms with Crippen LogP contribution in [-0.2, 0) is 10.9 Å². The summed E-state index contributed by atoms with van der Waals surface area (Å²) in [5.74, 6) is -0.992. The van der Waals surface area contributed by atoms with Gasteiger partial charge in [-0.05, 0) is 55.5 Å². The molecule has 174 valence electrons. The molecule has 0 bridgehead atoms. The summed E-state index contributed by atoms with van der Waals surface area (Å²) in [6.07, 6.45) is -3.98. The third-order valence-corrected chi connectivity index (χ3v) is 6.10. The van der Waals surface area contributed by atoms with Gasteiger partial charge in [-0.15, -0.1) is 0 Å². The van der Waals surface area contributed by atoms with Crippen LogP contribution in [0.3, 0.4) is 0 Å². The highest BCUT2D eigenvalue weighted by molar-refractivity contribution is 5.66. The maximum Gasteiger partial charge on any atom is 0.419 e. The fraction of sp³-hybridized carbons (Fsp3) is 0.333. The number of alkyl halides is 3. The Morgan fingerprint density at radius 1 is 0.939 bits per heavy atom. The minimum Gasteiger partial charge on any atom is -0.494 e. The van der Waals surface area contributed by atoms with E-state index in [4.69, 9.17) is 9.47 Å². The molecule has 0 amide bonds. The van der Waals surface area contributed by atoms with Gasteiger partial charge in [0, 0.05) is 11.5 Å². The first-order chi connectivity index (χ1) is 15.8. The Morgan fingerprint density at radius 2 is 1.64 bits per heavy atom. The zero-order valence-corrected chi connectivity index (χ0v) is 18.6. The van der Waals surface area contributed by atoms with E-state index in [-0.39, 0.29) is 23.8 Å². The summed E-state index contributed by atoms with van der Waals surface area (Å²) >= 11 is 0. The van der Waals surface area contributed by atoms with Crippen LogP contribution in [-0.4, -0.2) is 13.2 Å². The van der Waals surface area contributed by atoms with Crippen LogP contribution in [0.2, 0.25) is 0 Å². The zero-order chi connectivity index (χ0) is 23.6. The second-order valence-electron chi connectivity index (χ2n) is 8.35. The average Bonchev–Trinajstić information content (AvgIpc) is 2.80. The number of ether oxygens (including phenoxy) is 2. The first-order valence-corrected chi connectivity index (χ1v) is 11.1. The van der Waals surface area contributed by atoms with E-state index < -0.39 is 23.5 Å². The second-order valence-corrected chi connectivity index (χ2v) is 8.35. The van der Waals surface area contributed by atoms with Gasteiger partial charge in [-0.2, -0.15) is 13.2 Å². The molecule has 1 aliphatic rings. The molecule has 2 unspecified atom stereocenters. The molecule has 0 aliphatic carbocycles. The lowest BCUT2D eigenvalue weighted by molar-refractivity contribution is -0.141. The SMILES string of the molecule is CCOc1ccc(C2CCC(c3ccc(-c4ccc(C)cc4)c(F)c3C(F)(F)F)CO2)cc1. The molecule has 3 aromatic carbocycles. The number of benzene rings is 3. The van der Waals surface area contributed by atoms with Gasteiger partial charge in [0.1, 0.15) is 11.6 Å². The molecule has 33 heavy (non-hydrogen) atoms. The van der Waals surface area contributed by atoms with E-state index >= 15 is 4.39 Å². The van der Waals surface area contributed by atoms with Gasteiger partial charge in [0.15, 0.2) is 0 Å². The largest absolute Gasteiger partial charge is 0.494 e. The Kier molecular flexibility index (Phi) is 6.75. The highest BCUT2D eigenvalue weighted by atomic mass is 19.4. The number of hydrogen-bond donors (Lipinski definition) is 0. The Hall–Kier alpha value is -2.86. The van der Waals surface area contributed by atoms with Gasteiger partial charge in [0.25, 0.3) is 0 Å². The second kappa shape index (κ2) is 9.56. The van der Waals surface area contributed by atoms with Gasteiger partial charge in [-0.3, -0.25) is 0 Å². The molecular weight excluding hydrogens is 432 g/mol. The van der Waals surface area contributed by atoms with Crippen molar-refractivity contribution in [2.24, 2.45) is 0 Å². The summed E-state index contributed by atoms with van der Waals surface area (Å²) in [5.41, 5.74) is 1.05. The van der Waals surface area contributed by atoms with Gasteiger partial charge in [0.2, 0.25) is 0 Å². The summed E-state index contributed by atoms with van der Waals surface area (Å²) in [6, 6.07) is 17.2. The fourth-order valence-electron chi connectivity index (χ4n) is 4.38. The van der Waals surface area contributed by atoms with Gasteiger partial charge in [-0.1, -0.05) is 54.1 Å². The van der Waals surface area contributed by atoms with Crippen LogP contribution >= 0.6 is 0 Å². The topological polar surface area (TPSA) is 18.5 Å². The van der Waals surface area contributed by atoms with Crippen LogP contribution in [0.25, 0.3) is 11.1 Å². The van der Waals surface area contributed by atoms with E-state index in [0.29, 0.717) is 25.0 Å². The van der Waals surface area contributed by atoms with E-state index in [9.17, 15) is 13.2 Å². The molecule has 6 heteroatoms. The van der Waals surface area contributed by atoms with Crippen molar-refractivity contribution in [3.63, 3.8) is 0 Å². The molecule has 0 N–H and O–H groups in total. The normalized spacial score (nSPS) is 18.8. The fourth-order valence-corrected chi connectivity index (χ4v) is 4.38. The van der Waals surface area contributed by atoms with Gasteiger partial charge in [0.05, 0.1) is 24.9 Å². The Labute approximate surface area is 191 Å². The van der Waals surface area contributed by atoms with Crippen LogP contribution in [0.15, 0.2) is 60.7 Å². The summed E-state index contributed by atoms with van der Waals surface area (Å²) < 4.78 is 68.5. The lowest BCUT2D eigenvalue weighted by Gasteiger charge is -2.31. The molecule has 3 aromatic rings. The van der Waals surface area contributed by atoms with Crippen LogP contribution in [0.5, 0.6) is 5.75 Å². The van der Waals surface area contributed by atoms with E-state index in [1.165, 1.54) is 12.1 Å². The van der Waals surface area contributed by atoms with Crippen molar-refractivity contribution < 1.29 is 27.0 Å². The predicted octanol–water partition coefficient (Wildman–Crippen LogP) is 7.85. The number of halogens is 4. The first-order valence-electron chi connectivity index (χ1n) is 11.1. The maximum atomic E-state index is 15.2. The quantitative estimate of drug-likeness (QED) is 0.363. The monoisotopic (exact) mass is 458 g/mol. The van der Waals surface area contributed by atoms with Crippen molar-refractivity contribution in [1.29, 1.82) is 0 Å². The minimum atomic E-state index is -4.80. The molecule has 0 saturated carbocycles. The Bertz CT molecular complexity index is 1080. The highest BCUT2D eigenvalue weighted by Gasteiger charge is 2.40. The maximum absolute atomic E-state index is 15.2. The number of rotatable bonds is 5. The highest BCUT2D eigenvalue weighted by Crippen LogP contribution is 2.44. The molecule has 0 spiro atoms. The third-order valence-electron chi connectivity index (χ3n) is 6.10. The van der Waals surface area contributed by atoms with Crippen molar-refractivity contribution in [3.8, 4) is 16.9 Å². The number of aryl methyl sites for hydroxylation is 1. The van der Waals surface area contributed by atoms with Gasteiger partial charge < -0.3 is 9.47 Å². The van der Waals surface area contributed by atoms with Crippen molar-refractivity contribution in [2.75, 3.05) is 13.2 Å². The van der Waals surface area contributed by atoms with Crippen LogP contribution in [0.4, 0.5) is 17.6 Å². The molecule has 1 saturated heterocycles. The van der Waals surface area contributed by atoms with E-state index in [2.05, 4.69) is 0 Å².